The Labute approximate surface area is 173 Å². The van der Waals surface area contributed by atoms with E-state index in [4.69, 9.17) is 0 Å². The Bertz CT molecular complexity index is 878. The van der Waals surface area contributed by atoms with Crippen molar-refractivity contribution < 1.29 is 9.90 Å². The first-order valence-electron chi connectivity index (χ1n) is 11.1. The number of likely N-dealkylation sites (N-methyl/N-ethyl adjacent to an activating group) is 1. The van der Waals surface area contributed by atoms with Crippen molar-refractivity contribution in [2.45, 2.75) is 58.1 Å². The first-order chi connectivity index (χ1) is 13.8. The Kier molecular flexibility index (Phi) is 4.29. The van der Waals surface area contributed by atoms with Crippen LogP contribution in [0.25, 0.3) is 6.08 Å². The number of hydrogen-bond acceptors (Lipinski definition) is 3. The quantitative estimate of drug-likeness (QED) is 0.784. The Morgan fingerprint density at radius 1 is 1.17 bits per heavy atom. The van der Waals surface area contributed by atoms with E-state index in [0.29, 0.717) is 17.8 Å². The van der Waals surface area contributed by atoms with Gasteiger partial charge in [-0.1, -0.05) is 26.0 Å². The van der Waals surface area contributed by atoms with Gasteiger partial charge in [-0.25, -0.2) is 0 Å². The summed E-state index contributed by atoms with van der Waals surface area (Å²) in [5.41, 5.74) is 2.49. The van der Waals surface area contributed by atoms with E-state index in [9.17, 15) is 9.90 Å². The zero-order valence-electron chi connectivity index (χ0n) is 17.7. The summed E-state index contributed by atoms with van der Waals surface area (Å²) in [6.45, 7) is 4.68. The van der Waals surface area contributed by atoms with Crippen molar-refractivity contribution in [3.05, 3.63) is 47.8 Å². The van der Waals surface area contributed by atoms with Crippen molar-refractivity contribution in [3.8, 4) is 0 Å². The number of carbonyl (C=O) groups excluding carboxylic acids is 1. The van der Waals surface area contributed by atoms with Crippen LogP contribution in [0.2, 0.25) is 0 Å². The summed E-state index contributed by atoms with van der Waals surface area (Å²) in [6, 6.07) is 4.19. The molecule has 1 aromatic rings. The van der Waals surface area contributed by atoms with Gasteiger partial charge in [0.05, 0.1) is 12.1 Å². The summed E-state index contributed by atoms with van der Waals surface area (Å²) >= 11 is 0. The molecule has 0 aromatic carbocycles. The van der Waals surface area contributed by atoms with Crippen molar-refractivity contribution in [3.63, 3.8) is 0 Å². The molecule has 3 fully saturated rings. The molecular weight excluding hydrogens is 360 g/mol. The predicted octanol–water partition coefficient (Wildman–Crippen LogP) is 4.08. The normalized spacial score (nSPS) is 45.1. The van der Waals surface area contributed by atoms with Crippen LogP contribution in [0, 0.1) is 28.6 Å². The van der Waals surface area contributed by atoms with E-state index in [2.05, 4.69) is 31.0 Å². The van der Waals surface area contributed by atoms with Gasteiger partial charge in [-0.2, -0.15) is 0 Å². The summed E-state index contributed by atoms with van der Waals surface area (Å²) in [5, 5.41) is 10.8. The highest BCUT2D eigenvalue weighted by molar-refractivity contribution is 5.89. The first-order valence-corrected chi connectivity index (χ1v) is 11.1. The van der Waals surface area contributed by atoms with Gasteiger partial charge < -0.3 is 10.0 Å². The summed E-state index contributed by atoms with van der Waals surface area (Å²) in [4.78, 5) is 18.7. The van der Waals surface area contributed by atoms with E-state index in [1.54, 1.807) is 6.08 Å². The minimum Gasteiger partial charge on any atom is -0.393 e. The van der Waals surface area contributed by atoms with E-state index in [1.807, 2.05) is 36.5 Å². The van der Waals surface area contributed by atoms with Gasteiger partial charge in [0.25, 0.3) is 0 Å². The van der Waals surface area contributed by atoms with E-state index < -0.39 is 0 Å². The van der Waals surface area contributed by atoms with Gasteiger partial charge in [-0.3, -0.25) is 9.78 Å². The van der Waals surface area contributed by atoms with Crippen molar-refractivity contribution in [1.29, 1.82) is 0 Å². The molecule has 0 spiro atoms. The van der Waals surface area contributed by atoms with Crippen LogP contribution in [0.5, 0.6) is 0 Å². The molecule has 0 radical (unpaired) electrons. The monoisotopic (exact) mass is 392 g/mol. The second-order valence-corrected chi connectivity index (χ2v) is 10.3. The first kappa shape index (κ1) is 19.0. The van der Waals surface area contributed by atoms with E-state index in [1.165, 1.54) is 5.57 Å². The Morgan fingerprint density at radius 3 is 2.69 bits per heavy atom. The summed E-state index contributed by atoms with van der Waals surface area (Å²) in [6.07, 6.45) is 15.1. The van der Waals surface area contributed by atoms with Gasteiger partial charge in [0.15, 0.2) is 0 Å². The SMILES string of the molecule is CN1C(=O)C=C[C@@]2(C)C1C(=Cc1ccncc1)C[C@@H]1[C@H]2CC[C@]2(C)C(O)CC[C@@H]12. The van der Waals surface area contributed by atoms with Crippen LogP contribution in [0.4, 0.5) is 0 Å². The fraction of sp³-hybridized carbons (Fsp3) is 0.600. The van der Waals surface area contributed by atoms with Gasteiger partial charge >= 0.3 is 0 Å². The molecule has 5 rings (SSSR count). The minimum atomic E-state index is -0.169. The summed E-state index contributed by atoms with van der Waals surface area (Å²) < 4.78 is 0. The second-order valence-electron chi connectivity index (χ2n) is 10.3. The fourth-order valence-electron chi connectivity index (χ4n) is 7.49. The van der Waals surface area contributed by atoms with Crippen LogP contribution in [0.15, 0.2) is 42.3 Å². The maximum absolute atomic E-state index is 12.6. The molecule has 1 N–H and O–H groups in total. The molecule has 4 heteroatoms. The smallest absolute Gasteiger partial charge is 0.246 e. The number of hydrogen-bond donors (Lipinski definition) is 1. The number of rotatable bonds is 1. The van der Waals surface area contributed by atoms with Gasteiger partial charge in [-0.05, 0) is 84.6 Å². The van der Waals surface area contributed by atoms with Crippen molar-refractivity contribution in [2.75, 3.05) is 7.05 Å². The lowest BCUT2D eigenvalue weighted by Gasteiger charge is -2.60. The largest absolute Gasteiger partial charge is 0.393 e. The van der Waals surface area contributed by atoms with Gasteiger partial charge in [0.1, 0.15) is 0 Å². The third kappa shape index (κ3) is 2.68. The van der Waals surface area contributed by atoms with Crippen molar-refractivity contribution >= 4 is 12.0 Å². The summed E-state index contributed by atoms with van der Waals surface area (Å²) in [5.74, 6) is 1.78. The number of carbonyl (C=O) groups is 1. The number of pyridine rings is 1. The highest BCUT2D eigenvalue weighted by Crippen LogP contribution is 2.64. The molecule has 0 saturated heterocycles. The van der Waals surface area contributed by atoms with E-state index in [0.717, 1.165) is 37.7 Å². The lowest BCUT2D eigenvalue weighted by atomic mass is 9.47. The highest BCUT2D eigenvalue weighted by atomic mass is 16.3. The number of amides is 1. The van der Waals surface area contributed by atoms with Crippen molar-refractivity contribution in [1.82, 2.24) is 9.88 Å². The molecule has 1 amide bonds. The third-order valence-electron chi connectivity index (χ3n) is 8.98. The number of nitrogens with zero attached hydrogens (tertiary/aromatic N) is 2. The van der Waals surface area contributed by atoms with Gasteiger partial charge in [-0.15, -0.1) is 0 Å². The zero-order valence-corrected chi connectivity index (χ0v) is 17.7. The van der Waals surface area contributed by atoms with Crippen molar-refractivity contribution in [2.24, 2.45) is 28.6 Å². The minimum absolute atomic E-state index is 0.0479. The number of aromatic nitrogens is 1. The second kappa shape index (κ2) is 6.53. The van der Waals surface area contributed by atoms with Crippen LogP contribution in [-0.2, 0) is 4.79 Å². The molecule has 2 unspecified atom stereocenters. The molecule has 2 heterocycles. The van der Waals surface area contributed by atoms with Crippen LogP contribution in [0.1, 0.15) is 51.5 Å². The van der Waals surface area contributed by atoms with Crippen LogP contribution in [0.3, 0.4) is 0 Å². The standard InChI is InChI=1S/C25H32N2O2/c1-24-10-6-20-18(19(24)4-5-21(24)28)15-17(14-16-8-12-26-13-9-16)23-25(20,2)11-7-22(29)27(23)3/h7-9,11-14,18-21,23,28H,4-6,10,15H2,1-3H3/t18-,19-,20+,21?,23?,24-,25+/m0/s1. The molecule has 4 aliphatic rings. The molecule has 29 heavy (non-hydrogen) atoms. The average Bonchev–Trinajstić information content (AvgIpc) is 3.01. The maximum Gasteiger partial charge on any atom is 0.246 e. The highest BCUT2D eigenvalue weighted by Gasteiger charge is 2.61. The van der Waals surface area contributed by atoms with Crippen LogP contribution < -0.4 is 0 Å². The molecular formula is C25H32N2O2. The third-order valence-corrected chi connectivity index (χ3v) is 8.98. The zero-order chi connectivity index (χ0) is 20.4. The Hall–Kier alpha value is -1.94. The van der Waals surface area contributed by atoms with Gasteiger partial charge in [0, 0.05) is 24.9 Å². The predicted molar refractivity (Wildman–Crippen MR) is 114 cm³/mol. The topological polar surface area (TPSA) is 53.4 Å². The molecule has 4 nitrogen and oxygen atoms in total. The summed E-state index contributed by atoms with van der Waals surface area (Å²) in [7, 11) is 1.96. The van der Waals surface area contributed by atoms with Crippen LogP contribution >= 0.6 is 0 Å². The molecule has 7 atom stereocenters. The molecule has 1 aromatic heterocycles. The Balaban J connectivity index is 1.62. The lowest BCUT2D eigenvalue weighted by Crippen LogP contribution is -2.60. The Morgan fingerprint density at radius 2 is 1.93 bits per heavy atom. The molecule has 3 aliphatic carbocycles. The fourth-order valence-corrected chi connectivity index (χ4v) is 7.49. The maximum atomic E-state index is 12.6. The molecule has 154 valence electrons. The van der Waals surface area contributed by atoms with Gasteiger partial charge in [0.2, 0.25) is 5.91 Å². The van der Waals surface area contributed by atoms with E-state index >= 15 is 0 Å². The average molecular weight is 393 g/mol. The lowest BCUT2D eigenvalue weighted by molar-refractivity contribution is -0.135. The molecule has 3 saturated carbocycles. The molecule has 0 bridgehead atoms. The number of aliphatic hydroxyl groups is 1. The van der Waals surface area contributed by atoms with E-state index in [-0.39, 0.29) is 28.9 Å². The number of fused-ring (bicyclic) bond motifs is 5. The van der Waals surface area contributed by atoms with Crippen LogP contribution in [-0.4, -0.2) is 40.1 Å². The number of aliphatic hydroxyl groups excluding tert-OH is 1. The molecule has 1 aliphatic heterocycles.